The molecule has 2 aromatic carbocycles. The topological polar surface area (TPSA) is 61.5 Å². The summed E-state index contributed by atoms with van der Waals surface area (Å²) < 4.78 is 5.87. The van der Waals surface area contributed by atoms with Crippen molar-refractivity contribution in [3.05, 3.63) is 72.6 Å². The third-order valence-electron chi connectivity index (χ3n) is 6.94. The van der Waals surface area contributed by atoms with Crippen molar-refractivity contribution in [3.63, 3.8) is 0 Å². The van der Waals surface area contributed by atoms with E-state index in [0.29, 0.717) is 18.3 Å². The molecule has 4 aromatic rings. The molecule has 2 saturated heterocycles. The normalized spacial score (nSPS) is 21.2. The van der Waals surface area contributed by atoms with E-state index in [1.165, 1.54) is 12.0 Å². The number of carbonyl (C=O) groups is 1. The first-order valence-electron chi connectivity index (χ1n) is 11.4. The molecule has 2 aliphatic rings. The highest BCUT2D eigenvalue weighted by atomic mass is 16.6. The van der Waals surface area contributed by atoms with Crippen molar-refractivity contribution < 1.29 is 9.53 Å². The van der Waals surface area contributed by atoms with Crippen LogP contribution < -0.4 is 4.74 Å². The predicted octanol–water partition coefficient (Wildman–Crippen LogP) is 4.61. The summed E-state index contributed by atoms with van der Waals surface area (Å²) in [5.74, 6) is 0.487. The number of rotatable bonds is 3. The Labute approximate surface area is 186 Å². The summed E-state index contributed by atoms with van der Waals surface area (Å²) in [4.78, 5) is 25.6. The van der Waals surface area contributed by atoms with Gasteiger partial charge in [-0.05, 0) is 55.6 Å². The Kier molecular flexibility index (Phi) is 4.80. The fourth-order valence-corrected chi connectivity index (χ4v) is 5.38. The van der Waals surface area contributed by atoms with E-state index in [2.05, 4.69) is 39.1 Å². The lowest BCUT2D eigenvalue weighted by Gasteiger charge is -2.44. The van der Waals surface area contributed by atoms with Gasteiger partial charge in [-0.1, -0.05) is 30.3 Å². The molecule has 162 valence electrons. The van der Waals surface area contributed by atoms with Crippen LogP contribution >= 0.6 is 0 Å². The van der Waals surface area contributed by atoms with Crippen LogP contribution in [0.2, 0.25) is 0 Å². The van der Waals surface area contributed by atoms with Crippen LogP contribution in [0.15, 0.2) is 67.0 Å². The minimum absolute atomic E-state index is 0.119. The number of nitrogens with one attached hydrogen (secondary N) is 1. The summed E-state index contributed by atoms with van der Waals surface area (Å²) in [6, 6.07) is 19.0. The monoisotopic (exact) mass is 426 g/mol. The molecule has 0 saturated carbocycles. The fourth-order valence-electron chi connectivity index (χ4n) is 5.38. The number of ether oxygens (including phenoxy) is 1. The van der Waals surface area contributed by atoms with Gasteiger partial charge in [-0.25, -0.2) is 4.79 Å². The van der Waals surface area contributed by atoms with Crippen LogP contribution in [0.25, 0.3) is 21.8 Å². The summed E-state index contributed by atoms with van der Waals surface area (Å²) in [6.07, 6.45) is 6.46. The zero-order valence-electron chi connectivity index (χ0n) is 17.9. The minimum atomic E-state index is -0.278. The van der Waals surface area contributed by atoms with Crippen molar-refractivity contribution in [3.8, 4) is 5.75 Å². The maximum Gasteiger partial charge on any atom is 0.415 e. The molecule has 2 aromatic heterocycles. The van der Waals surface area contributed by atoms with Gasteiger partial charge in [0.05, 0.1) is 17.8 Å². The van der Waals surface area contributed by atoms with E-state index >= 15 is 0 Å². The SMILES string of the molecule is O=C(Oc1cnc2cc3cc[nH]c3cc2c1)N1CCN2CCCC2C1Cc1ccccc1. The molecule has 2 atom stereocenters. The van der Waals surface area contributed by atoms with Crippen LogP contribution in [0.4, 0.5) is 4.79 Å². The Morgan fingerprint density at radius 1 is 1.06 bits per heavy atom. The average Bonchev–Trinajstić information content (AvgIpc) is 3.47. The summed E-state index contributed by atoms with van der Waals surface area (Å²) in [5.41, 5.74) is 3.19. The number of H-pyrrole nitrogens is 1. The van der Waals surface area contributed by atoms with Gasteiger partial charge in [0.25, 0.3) is 0 Å². The largest absolute Gasteiger partial charge is 0.415 e. The maximum atomic E-state index is 13.3. The van der Waals surface area contributed by atoms with Crippen molar-refractivity contribution >= 4 is 27.9 Å². The number of hydrogen-bond donors (Lipinski definition) is 1. The van der Waals surface area contributed by atoms with Gasteiger partial charge >= 0.3 is 6.09 Å². The molecular formula is C26H26N4O2. The van der Waals surface area contributed by atoms with Gasteiger partial charge in [-0.3, -0.25) is 9.88 Å². The van der Waals surface area contributed by atoms with Crippen LogP contribution in [0, 0.1) is 0 Å². The van der Waals surface area contributed by atoms with Crippen molar-refractivity contribution in [1.29, 1.82) is 0 Å². The third kappa shape index (κ3) is 3.50. The predicted molar refractivity (Wildman–Crippen MR) is 125 cm³/mol. The Hall–Kier alpha value is -3.38. The van der Waals surface area contributed by atoms with E-state index in [4.69, 9.17) is 4.74 Å². The molecule has 0 bridgehead atoms. The summed E-state index contributed by atoms with van der Waals surface area (Å²) in [6.45, 7) is 2.73. The molecule has 6 rings (SSSR count). The Morgan fingerprint density at radius 3 is 2.88 bits per heavy atom. The summed E-state index contributed by atoms with van der Waals surface area (Å²) in [7, 11) is 0. The molecule has 4 heterocycles. The maximum absolute atomic E-state index is 13.3. The van der Waals surface area contributed by atoms with Gasteiger partial charge in [0.15, 0.2) is 5.75 Å². The first-order chi connectivity index (χ1) is 15.7. The number of nitrogens with zero attached hydrogens (tertiary/aromatic N) is 3. The molecule has 0 aliphatic carbocycles. The highest BCUT2D eigenvalue weighted by Crippen LogP contribution is 2.30. The first kappa shape index (κ1) is 19.3. The second-order valence-electron chi connectivity index (χ2n) is 8.84. The molecule has 6 nitrogen and oxygen atoms in total. The number of carbonyl (C=O) groups excluding carboxylic acids is 1. The minimum Gasteiger partial charge on any atom is -0.409 e. The van der Waals surface area contributed by atoms with Gasteiger partial charge in [0.2, 0.25) is 0 Å². The molecule has 32 heavy (non-hydrogen) atoms. The molecule has 1 amide bonds. The van der Waals surface area contributed by atoms with Crippen LogP contribution in [0.3, 0.4) is 0 Å². The summed E-state index contributed by atoms with van der Waals surface area (Å²) >= 11 is 0. The van der Waals surface area contributed by atoms with Gasteiger partial charge in [-0.2, -0.15) is 0 Å². The van der Waals surface area contributed by atoms with Gasteiger partial charge in [0, 0.05) is 41.6 Å². The molecule has 0 spiro atoms. The van der Waals surface area contributed by atoms with Gasteiger partial charge in [-0.15, -0.1) is 0 Å². The number of fused-ring (bicyclic) bond motifs is 3. The number of piperazine rings is 1. The molecule has 2 unspecified atom stereocenters. The van der Waals surface area contributed by atoms with E-state index in [1.54, 1.807) is 6.20 Å². The quantitative estimate of drug-likeness (QED) is 0.520. The average molecular weight is 427 g/mol. The van der Waals surface area contributed by atoms with Gasteiger partial charge < -0.3 is 14.6 Å². The lowest BCUT2D eigenvalue weighted by atomic mass is 9.94. The molecule has 1 N–H and O–H groups in total. The summed E-state index contributed by atoms with van der Waals surface area (Å²) in [5, 5.41) is 2.07. The van der Waals surface area contributed by atoms with Crippen molar-refractivity contribution in [2.24, 2.45) is 0 Å². The zero-order chi connectivity index (χ0) is 21.5. The lowest BCUT2D eigenvalue weighted by Crippen LogP contribution is -2.60. The second-order valence-corrected chi connectivity index (χ2v) is 8.84. The van der Waals surface area contributed by atoms with Crippen molar-refractivity contribution in [1.82, 2.24) is 19.8 Å². The highest BCUT2D eigenvalue weighted by molar-refractivity contribution is 5.95. The number of aromatic amines is 1. The van der Waals surface area contributed by atoms with E-state index in [1.807, 2.05) is 41.4 Å². The smallest absolute Gasteiger partial charge is 0.409 e. The van der Waals surface area contributed by atoms with Crippen molar-refractivity contribution in [2.45, 2.75) is 31.3 Å². The molecular weight excluding hydrogens is 400 g/mol. The van der Waals surface area contributed by atoms with Gasteiger partial charge in [0.1, 0.15) is 0 Å². The zero-order valence-corrected chi connectivity index (χ0v) is 17.9. The molecule has 0 radical (unpaired) electrons. The standard InChI is InChI=1S/C26H26N4O2/c31-26(32-21-14-20-16-22-19(8-9-27-22)15-23(20)28-17-21)30-12-11-29-10-4-7-24(29)25(30)13-18-5-2-1-3-6-18/h1-3,5-6,8-9,14-17,24-25,27H,4,7,10-13H2. The van der Waals surface area contributed by atoms with Crippen molar-refractivity contribution in [2.75, 3.05) is 19.6 Å². The highest BCUT2D eigenvalue weighted by Gasteiger charge is 2.41. The van der Waals surface area contributed by atoms with E-state index in [0.717, 1.165) is 47.7 Å². The Balaban J connectivity index is 1.26. The number of amides is 1. The fraction of sp³-hybridized carbons (Fsp3) is 0.308. The molecule has 6 heteroatoms. The Morgan fingerprint density at radius 2 is 1.97 bits per heavy atom. The van der Waals surface area contributed by atoms with E-state index in [-0.39, 0.29) is 12.1 Å². The third-order valence-corrected chi connectivity index (χ3v) is 6.94. The van der Waals surface area contributed by atoms with Crippen LogP contribution in [0.1, 0.15) is 18.4 Å². The van der Waals surface area contributed by atoms with Crippen LogP contribution in [-0.4, -0.2) is 57.6 Å². The number of pyridine rings is 1. The lowest BCUT2D eigenvalue weighted by molar-refractivity contribution is 0.0474. The molecule has 2 fully saturated rings. The van der Waals surface area contributed by atoms with Crippen LogP contribution in [-0.2, 0) is 6.42 Å². The van der Waals surface area contributed by atoms with Crippen LogP contribution in [0.5, 0.6) is 5.75 Å². The number of benzene rings is 2. The van der Waals surface area contributed by atoms with E-state index < -0.39 is 0 Å². The second kappa shape index (κ2) is 7.95. The Bertz CT molecular complexity index is 1270. The van der Waals surface area contributed by atoms with E-state index in [9.17, 15) is 4.79 Å². The number of hydrogen-bond acceptors (Lipinski definition) is 4. The molecule has 2 aliphatic heterocycles. The number of aromatic nitrogens is 2. The first-order valence-corrected chi connectivity index (χ1v) is 11.4.